The lowest BCUT2D eigenvalue weighted by molar-refractivity contribution is 0.0846. The fourth-order valence-corrected chi connectivity index (χ4v) is 1.67. The molecule has 0 atom stereocenters. The molecular formula is C15H23NO. The Labute approximate surface area is 105 Å². The van der Waals surface area contributed by atoms with Gasteiger partial charge in [0.05, 0.1) is 6.54 Å². The normalized spacial score (nSPS) is 11.9. The van der Waals surface area contributed by atoms with Gasteiger partial charge in [-0.1, -0.05) is 31.2 Å². The maximum absolute atomic E-state index is 12.2. The van der Waals surface area contributed by atoms with Crippen molar-refractivity contribution in [2.45, 2.75) is 39.7 Å². The van der Waals surface area contributed by atoms with Crippen LogP contribution in [0, 0.1) is 6.92 Å². The van der Waals surface area contributed by atoms with Crippen LogP contribution in [0.1, 0.15) is 43.1 Å². The smallest absolute Gasteiger partial charge is 0.177 e. The maximum atomic E-state index is 12.2. The van der Waals surface area contributed by atoms with E-state index < -0.39 is 0 Å². The third-order valence-electron chi connectivity index (χ3n) is 3.72. The van der Waals surface area contributed by atoms with Crippen molar-refractivity contribution in [1.29, 1.82) is 0 Å². The van der Waals surface area contributed by atoms with Gasteiger partial charge in [-0.2, -0.15) is 0 Å². The van der Waals surface area contributed by atoms with Crippen molar-refractivity contribution in [1.82, 2.24) is 4.90 Å². The molecule has 0 spiro atoms. The zero-order valence-electron chi connectivity index (χ0n) is 11.6. The summed E-state index contributed by atoms with van der Waals surface area (Å²) in [4.78, 5) is 14.3. The molecule has 1 rings (SSSR count). The molecule has 1 aromatic carbocycles. The van der Waals surface area contributed by atoms with E-state index in [0.29, 0.717) is 6.54 Å². The number of Topliss-reactive ketones (excluding diaryl/α,β-unsaturated/α-hetero) is 1. The Balaban J connectivity index is 2.77. The van der Waals surface area contributed by atoms with E-state index in [1.165, 1.54) is 0 Å². The second-order valence-corrected chi connectivity index (χ2v) is 5.26. The fourth-order valence-electron chi connectivity index (χ4n) is 1.67. The Bertz CT molecular complexity index is 396. The molecule has 2 heteroatoms. The minimum atomic E-state index is 0.0678. The van der Waals surface area contributed by atoms with Crippen molar-refractivity contribution < 1.29 is 4.79 Å². The Morgan fingerprint density at radius 3 is 2.41 bits per heavy atom. The van der Waals surface area contributed by atoms with Crippen molar-refractivity contribution in [3.8, 4) is 0 Å². The summed E-state index contributed by atoms with van der Waals surface area (Å²) in [6, 6.07) is 7.78. The molecule has 0 N–H and O–H groups in total. The second kappa shape index (κ2) is 5.46. The quantitative estimate of drug-likeness (QED) is 0.727. The summed E-state index contributed by atoms with van der Waals surface area (Å²) in [5.41, 5.74) is 1.96. The molecule has 0 heterocycles. The largest absolute Gasteiger partial charge is 0.294 e. The van der Waals surface area contributed by atoms with Crippen LogP contribution in [-0.4, -0.2) is 29.8 Å². The van der Waals surface area contributed by atoms with Crippen LogP contribution in [0.2, 0.25) is 0 Å². The van der Waals surface area contributed by atoms with Gasteiger partial charge in [0.25, 0.3) is 0 Å². The summed E-state index contributed by atoms with van der Waals surface area (Å²) in [6.45, 7) is 8.94. The highest BCUT2D eigenvalue weighted by Gasteiger charge is 2.23. The summed E-state index contributed by atoms with van der Waals surface area (Å²) in [7, 11) is 2.01. The van der Waals surface area contributed by atoms with E-state index in [9.17, 15) is 4.79 Å². The highest BCUT2D eigenvalue weighted by molar-refractivity contribution is 5.98. The molecule has 2 nitrogen and oxygen atoms in total. The molecule has 0 fully saturated rings. The second-order valence-electron chi connectivity index (χ2n) is 5.26. The van der Waals surface area contributed by atoms with Gasteiger partial charge in [-0.15, -0.1) is 0 Å². The number of ketones is 1. The van der Waals surface area contributed by atoms with Crippen molar-refractivity contribution >= 4 is 5.78 Å². The monoisotopic (exact) mass is 233 g/mol. The molecular weight excluding hydrogens is 210 g/mol. The molecule has 94 valence electrons. The molecule has 0 bridgehead atoms. The Hall–Kier alpha value is -1.15. The predicted octanol–water partition coefficient (Wildman–Crippen LogP) is 3.30. The van der Waals surface area contributed by atoms with E-state index in [1.54, 1.807) is 0 Å². The summed E-state index contributed by atoms with van der Waals surface area (Å²) in [5, 5.41) is 0. The summed E-state index contributed by atoms with van der Waals surface area (Å²) in [5.74, 6) is 0.201. The van der Waals surface area contributed by atoms with Gasteiger partial charge in [-0.05, 0) is 39.8 Å². The van der Waals surface area contributed by atoms with E-state index in [1.807, 2.05) is 38.2 Å². The highest BCUT2D eigenvalue weighted by atomic mass is 16.1. The lowest BCUT2D eigenvalue weighted by atomic mass is 9.98. The first-order valence-corrected chi connectivity index (χ1v) is 6.18. The molecule has 0 aliphatic heterocycles. The minimum Gasteiger partial charge on any atom is -0.294 e. The van der Waals surface area contributed by atoms with Gasteiger partial charge in [-0.25, -0.2) is 0 Å². The molecule has 0 amide bonds. The first-order chi connectivity index (χ1) is 7.88. The zero-order valence-corrected chi connectivity index (χ0v) is 11.6. The van der Waals surface area contributed by atoms with E-state index in [4.69, 9.17) is 0 Å². The number of carbonyl (C=O) groups excluding carboxylic acids is 1. The van der Waals surface area contributed by atoms with Crippen LogP contribution in [0.15, 0.2) is 24.3 Å². The van der Waals surface area contributed by atoms with Gasteiger partial charge in [0, 0.05) is 11.1 Å². The lowest BCUT2D eigenvalue weighted by Crippen LogP contribution is -2.43. The molecule has 0 saturated heterocycles. The van der Waals surface area contributed by atoms with Crippen molar-refractivity contribution in [2.75, 3.05) is 13.6 Å². The molecule has 0 aliphatic rings. The zero-order chi connectivity index (χ0) is 13.1. The van der Waals surface area contributed by atoms with E-state index in [2.05, 4.69) is 25.7 Å². The first kappa shape index (κ1) is 13.9. The standard InChI is InChI=1S/C15H23NO/c1-6-15(3,4)16(5)11-14(17)13-10-8-7-9-12(13)2/h7-10H,6,11H2,1-5H3. The van der Waals surface area contributed by atoms with E-state index >= 15 is 0 Å². The van der Waals surface area contributed by atoms with Crippen molar-refractivity contribution in [3.05, 3.63) is 35.4 Å². The average Bonchev–Trinajstić information content (AvgIpc) is 2.29. The van der Waals surface area contributed by atoms with Gasteiger partial charge in [-0.3, -0.25) is 9.69 Å². The van der Waals surface area contributed by atoms with E-state index in [-0.39, 0.29) is 11.3 Å². The lowest BCUT2D eigenvalue weighted by Gasteiger charge is -2.34. The first-order valence-electron chi connectivity index (χ1n) is 6.18. The highest BCUT2D eigenvalue weighted by Crippen LogP contribution is 2.17. The van der Waals surface area contributed by atoms with Gasteiger partial charge < -0.3 is 0 Å². The van der Waals surface area contributed by atoms with E-state index in [0.717, 1.165) is 17.5 Å². The number of benzene rings is 1. The third kappa shape index (κ3) is 3.40. The molecule has 0 aliphatic carbocycles. The minimum absolute atomic E-state index is 0.0678. The molecule has 1 aromatic rings. The summed E-state index contributed by atoms with van der Waals surface area (Å²) in [6.07, 6.45) is 1.03. The molecule has 0 aromatic heterocycles. The van der Waals surface area contributed by atoms with Gasteiger partial charge in [0.15, 0.2) is 5.78 Å². The summed E-state index contributed by atoms with van der Waals surface area (Å²) < 4.78 is 0. The molecule has 0 saturated carbocycles. The predicted molar refractivity (Wildman–Crippen MR) is 72.5 cm³/mol. The Morgan fingerprint density at radius 2 is 1.88 bits per heavy atom. The fraction of sp³-hybridized carbons (Fsp3) is 0.533. The Kier molecular flexibility index (Phi) is 4.47. The van der Waals surface area contributed by atoms with Crippen molar-refractivity contribution in [3.63, 3.8) is 0 Å². The van der Waals surface area contributed by atoms with Gasteiger partial charge in [0.2, 0.25) is 0 Å². The molecule has 0 unspecified atom stereocenters. The van der Waals surface area contributed by atoms with Crippen LogP contribution in [0.3, 0.4) is 0 Å². The maximum Gasteiger partial charge on any atom is 0.177 e. The SMILES string of the molecule is CCC(C)(C)N(C)CC(=O)c1ccccc1C. The van der Waals surface area contributed by atoms with Crippen LogP contribution >= 0.6 is 0 Å². The average molecular weight is 233 g/mol. The number of hydrogen-bond acceptors (Lipinski definition) is 2. The number of likely N-dealkylation sites (N-methyl/N-ethyl adjacent to an activating group) is 1. The number of carbonyl (C=O) groups is 1. The van der Waals surface area contributed by atoms with Crippen LogP contribution in [0.4, 0.5) is 0 Å². The molecule has 17 heavy (non-hydrogen) atoms. The van der Waals surface area contributed by atoms with Crippen LogP contribution < -0.4 is 0 Å². The number of hydrogen-bond donors (Lipinski definition) is 0. The summed E-state index contributed by atoms with van der Waals surface area (Å²) >= 11 is 0. The van der Waals surface area contributed by atoms with Crippen LogP contribution in [-0.2, 0) is 0 Å². The number of nitrogens with zero attached hydrogens (tertiary/aromatic N) is 1. The number of rotatable bonds is 5. The third-order valence-corrected chi connectivity index (χ3v) is 3.72. The van der Waals surface area contributed by atoms with Crippen LogP contribution in [0.5, 0.6) is 0 Å². The topological polar surface area (TPSA) is 20.3 Å². The van der Waals surface area contributed by atoms with Crippen molar-refractivity contribution in [2.24, 2.45) is 0 Å². The van der Waals surface area contributed by atoms with Crippen LogP contribution in [0.25, 0.3) is 0 Å². The Morgan fingerprint density at radius 1 is 1.29 bits per heavy atom. The van der Waals surface area contributed by atoms with Gasteiger partial charge in [0.1, 0.15) is 0 Å². The molecule has 0 radical (unpaired) electrons. The van der Waals surface area contributed by atoms with Gasteiger partial charge >= 0.3 is 0 Å². The number of aryl methyl sites for hydroxylation is 1.